The summed E-state index contributed by atoms with van der Waals surface area (Å²) in [6, 6.07) is -14.6. The molecular weight excluding hydrogens is 1520 g/mol. The molecule has 2 aromatic rings. The van der Waals surface area contributed by atoms with Crippen LogP contribution < -0.4 is 81.0 Å². The number of esters is 1. The van der Waals surface area contributed by atoms with Gasteiger partial charge in [-0.2, -0.15) is 0 Å². The molecule has 3 rings (SSSR count). The quantitative estimate of drug-likeness (QED) is 0.0221. The van der Waals surface area contributed by atoms with E-state index >= 15 is 0 Å². The lowest BCUT2D eigenvalue weighted by molar-refractivity contribution is -0.159. The van der Waals surface area contributed by atoms with E-state index in [0.29, 0.717) is 34.2 Å². The largest absolute Gasteiger partial charge is 0.481 e. The minimum Gasteiger partial charge on any atom is -0.481 e. The first kappa shape index (κ1) is 97.3. The van der Waals surface area contributed by atoms with E-state index in [1.165, 1.54) is 13.8 Å². The maximum Gasteiger partial charge on any atom is 0.335 e. The minimum atomic E-state index is -2.30. The molecule has 43 heteroatoms. The molecule has 1 aromatic carbocycles. The second-order valence-corrected chi connectivity index (χ2v) is 27.8. The number of para-hydroxylation sites is 1. The first-order chi connectivity index (χ1) is 54.2. The van der Waals surface area contributed by atoms with Gasteiger partial charge in [-0.05, 0) is 76.5 Å². The van der Waals surface area contributed by atoms with Gasteiger partial charge in [-0.1, -0.05) is 83.9 Å². The molecule has 15 amide bonds. The number of unbranched alkanes of at least 4 members (excludes halogenated alkanes) is 7. The number of aliphatic carboxylic acids is 4. The minimum absolute atomic E-state index is 0.00293. The number of carbonyl (C=O) groups excluding carboxylic acids is 16. The molecule has 1 saturated heterocycles. The smallest absolute Gasteiger partial charge is 0.335 e. The molecule has 1 aromatic heterocycles. The molecule has 1 aliphatic rings. The lowest BCUT2D eigenvalue weighted by atomic mass is 9.98. The van der Waals surface area contributed by atoms with Crippen molar-refractivity contribution >= 4 is 129 Å². The number of cyclic esters (lactones) is 1. The number of carboxylic acids is 4. The number of hydrogen-bond donors (Lipinski definition) is 20. The van der Waals surface area contributed by atoms with Crippen molar-refractivity contribution < 1.29 is 126 Å². The summed E-state index contributed by atoms with van der Waals surface area (Å²) in [6.45, 7) is 4.73. The Bertz CT molecular complexity index is 3800. The Morgan fingerprint density at radius 3 is 1.76 bits per heavy atom. The van der Waals surface area contributed by atoms with Gasteiger partial charge in [0.2, 0.25) is 88.6 Å². The molecule has 2 heterocycles. The van der Waals surface area contributed by atoms with E-state index in [1.54, 1.807) is 30.5 Å². The number of carbonyl (C=O) groups is 20. The number of ether oxygens (including phenoxy) is 2. The van der Waals surface area contributed by atoms with Crippen molar-refractivity contribution in [1.82, 2.24) is 73.7 Å². The van der Waals surface area contributed by atoms with Crippen molar-refractivity contribution in [3.8, 4) is 0 Å². The Hall–Kier alpha value is -11.9. The number of aromatic amines is 1. The van der Waals surface area contributed by atoms with Crippen molar-refractivity contribution in [3.05, 3.63) is 36.0 Å². The highest BCUT2D eigenvalue weighted by atomic mass is 16.5. The molecule has 638 valence electrons. The van der Waals surface area contributed by atoms with Crippen LogP contribution >= 0.6 is 0 Å². The highest BCUT2D eigenvalue weighted by Gasteiger charge is 2.42. The second kappa shape index (κ2) is 49.6. The Labute approximate surface area is 661 Å². The van der Waals surface area contributed by atoms with E-state index < -0.39 is 261 Å². The summed E-state index contributed by atoms with van der Waals surface area (Å²) in [5.74, 6) is -28.1. The molecule has 1 fully saturated rings. The van der Waals surface area contributed by atoms with Crippen LogP contribution in [0.2, 0.25) is 0 Å². The third-order valence-electron chi connectivity index (χ3n) is 18.4. The third kappa shape index (κ3) is 34.1. The Morgan fingerprint density at radius 2 is 1.17 bits per heavy atom. The number of hydrogen-bond acceptors (Lipinski definition) is 23. The average molecular weight is 1630 g/mol. The Kier molecular flexibility index (Phi) is 41.9. The van der Waals surface area contributed by atoms with Gasteiger partial charge in [0, 0.05) is 56.9 Å². The van der Waals surface area contributed by atoms with Crippen molar-refractivity contribution in [3.63, 3.8) is 0 Å². The Balaban J connectivity index is 2.25. The SMILES string of the molecule is CCCCCCCCCC(=O)NC(Cc1c[nH]c2ccccc12)C(=O)NC(CCC(=O)O)C(=O)NC(CC(N)=O)C(=O)NC1C(=O)N(C)CC(=O)NC(C)C(=O)NC(CC(=O)O)C(=O)NC(CCCCN)C(=O)NC(C(OC)C(=O)O)C(=O)NCC(=O)NC(CC(N)=O)C(=O)NC(CCC(=O)O)C(=O)NC(C(C)CC)C(=O)OC1C. The molecule has 43 nitrogen and oxygen atoms in total. The molecular formula is C72H109N17O26. The number of rotatable bonds is 38. The molecule has 23 N–H and O–H groups in total. The van der Waals surface area contributed by atoms with Crippen LogP contribution in [0.3, 0.4) is 0 Å². The summed E-state index contributed by atoms with van der Waals surface area (Å²) in [5, 5.41) is 67.2. The summed E-state index contributed by atoms with van der Waals surface area (Å²) in [6.07, 6.45) is -3.50. The predicted octanol–water partition coefficient (Wildman–Crippen LogP) is -5.05. The summed E-state index contributed by atoms with van der Waals surface area (Å²) >= 11 is 0. The normalized spacial score (nSPS) is 21.6. The molecule has 0 spiro atoms. The highest BCUT2D eigenvalue weighted by molar-refractivity contribution is 6.02. The van der Waals surface area contributed by atoms with E-state index in [-0.39, 0.29) is 45.1 Å². The van der Waals surface area contributed by atoms with Crippen molar-refractivity contribution in [2.45, 2.75) is 242 Å². The van der Waals surface area contributed by atoms with Gasteiger partial charge in [0.05, 0.1) is 32.4 Å². The number of methoxy groups -OCH3 is 1. The number of nitrogens with one attached hydrogen (secondary N) is 13. The zero-order chi connectivity index (χ0) is 86.3. The zero-order valence-corrected chi connectivity index (χ0v) is 65.2. The van der Waals surface area contributed by atoms with Gasteiger partial charge in [0.25, 0.3) is 0 Å². The predicted molar refractivity (Wildman–Crippen MR) is 402 cm³/mol. The van der Waals surface area contributed by atoms with Crippen LogP contribution in [0, 0.1) is 5.92 Å². The van der Waals surface area contributed by atoms with E-state index in [4.69, 9.17) is 26.7 Å². The van der Waals surface area contributed by atoms with Crippen LogP contribution in [-0.4, -0.2) is 261 Å². The maximum absolute atomic E-state index is 15.0. The van der Waals surface area contributed by atoms with Crippen LogP contribution in [0.5, 0.6) is 0 Å². The van der Waals surface area contributed by atoms with Crippen LogP contribution in [0.1, 0.15) is 162 Å². The first-order valence-corrected chi connectivity index (χ1v) is 37.5. The standard InChI is InChI=1S/C72H109N17O26/c1-8-10-11-12-13-14-15-23-51(92)79-45(29-39-33-76-41-21-17-16-20-40(39)41)65(105)82-43(24-26-54(95)96)62(102)85-47(31-50(75)91)68(108)87-58-38(5)115-72(113)57(36(3)9-2)86-64(104)44(25-27-55(97)98)83-66(106)46(30-49(74)90)80-52(93)34-77-69(109)59(60(114-7)71(111)112)88-63(103)42(22-18-19-28-73)81-67(107)48(32-56(99)100)84-61(101)37(4)78-53(94)35-89(6)70(58)110/h16-17,20-21,33,36-38,42-48,57-60,76H,8-15,18-19,22-32,34-35,73H2,1-7H3,(H2,74,90)(H2,75,91)(H,77,109)(H,78,94)(H,79,92)(H,80,93)(H,81,107)(H,82,105)(H,83,106)(H,84,101)(H,85,102)(H,86,104)(H,87,108)(H,88,103)(H,95,96)(H,97,98)(H,99,100)(H,111,112). The lowest BCUT2D eigenvalue weighted by Crippen LogP contribution is -2.62. The number of likely N-dealkylation sites (N-methyl/N-ethyl adjacent to an activating group) is 1. The third-order valence-corrected chi connectivity index (χ3v) is 18.4. The summed E-state index contributed by atoms with van der Waals surface area (Å²) in [4.78, 5) is 277. The van der Waals surface area contributed by atoms with Crippen molar-refractivity contribution in [1.29, 1.82) is 0 Å². The van der Waals surface area contributed by atoms with Crippen LogP contribution in [0.15, 0.2) is 30.5 Å². The van der Waals surface area contributed by atoms with Gasteiger partial charge in [-0.3, -0.25) is 86.3 Å². The fraction of sp³-hybridized carbons (Fsp3) is 0.611. The van der Waals surface area contributed by atoms with Crippen molar-refractivity contribution in [2.75, 3.05) is 33.8 Å². The number of amides is 15. The van der Waals surface area contributed by atoms with E-state index in [0.717, 1.165) is 60.1 Å². The lowest BCUT2D eigenvalue weighted by Gasteiger charge is -2.32. The Morgan fingerprint density at radius 1 is 0.600 bits per heavy atom. The first-order valence-electron chi connectivity index (χ1n) is 37.5. The molecule has 14 unspecified atom stereocenters. The monoisotopic (exact) mass is 1630 g/mol. The number of carboxylic acid groups (broad SMARTS) is 4. The molecule has 0 radical (unpaired) electrons. The van der Waals surface area contributed by atoms with Gasteiger partial charge >= 0.3 is 29.8 Å². The van der Waals surface area contributed by atoms with Crippen LogP contribution in [-0.2, 0) is 112 Å². The number of benzene rings is 1. The molecule has 0 saturated carbocycles. The molecule has 1 aliphatic heterocycles. The van der Waals surface area contributed by atoms with Crippen LogP contribution in [0.25, 0.3) is 10.9 Å². The van der Waals surface area contributed by atoms with Crippen LogP contribution in [0.4, 0.5) is 0 Å². The number of primary amides is 2. The number of nitrogens with two attached hydrogens (primary N) is 3. The van der Waals surface area contributed by atoms with Gasteiger partial charge < -0.3 is 121 Å². The van der Waals surface area contributed by atoms with Gasteiger partial charge in [-0.15, -0.1) is 0 Å². The van der Waals surface area contributed by atoms with Gasteiger partial charge in [0.15, 0.2) is 6.10 Å². The summed E-state index contributed by atoms with van der Waals surface area (Å²) < 4.78 is 10.8. The van der Waals surface area contributed by atoms with Gasteiger partial charge in [-0.25, -0.2) is 9.59 Å². The number of nitrogens with zero attached hydrogens (tertiary/aromatic N) is 1. The number of aromatic nitrogens is 1. The van der Waals surface area contributed by atoms with E-state index in [1.807, 2.05) is 5.32 Å². The summed E-state index contributed by atoms with van der Waals surface area (Å²) in [7, 11) is 1.75. The number of fused-ring (bicyclic) bond motifs is 1. The topological polar surface area (TPSA) is 682 Å². The van der Waals surface area contributed by atoms with Gasteiger partial charge in [0.1, 0.15) is 72.6 Å². The van der Waals surface area contributed by atoms with E-state index in [9.17, 15) is 116 Å². The summed E-state index contributed by atoms with van der Waals surface area (Å²) in [5.41, 5.74) is 17.9. The van der Waals surface area contributed by atoms with E-state index in [2.05, 4.69) is 70.4 Å². The zero-order valence-electron chi connectivity index (χ0n) is 65.2. The maximum atomic E-state index is 15.0. The van der Waals surface area contributed by atoms with Crippen molar-refractivity contribution in [2.24, 2.45) is 23.1 Å². The molecule has 115 heavy (non-hydrogen) atoms. The fourth-order valence-electron chi connectivity index (χ4n) is 11.9. The average Bonchev–Trinajstić information content (AvgIpc) is 1.78. The fourth-order valence-corrected chi connectivity index (χ4v) is 11.9. The second-order valence-electron chi connectivity index (χ2n) is 27.8. The molecule has 14 atom stereocenters. The number of H-pyrrole nitrogens is 1. The molecule has 0 bridgehead atoms. The highest BCUT2D eigenvalue weighted by Crippen LogP contribution is 2.21. The molecule has 0 aliphatic carbocycles.